The van der Waals surface area contributed by atoms with Gasteiger partial charge in [-0.2, -0.15) is 0 Å². The predicted octanol–water partition coefficient (Wildman–Crippen LogP) is 27.0. The largest absolute Gasteiger partial charge is 0.310 e. The monoisotopic (exact) mass is 1290 g/mol. The third kappa shape index (κ3) is 9.83. The van der Waals surface area contributed by atoms with Gasteiger partial charge in [0.15, 0.2) is 0 Å². The van der Waals surface area contributed by atoms with E-state index in [1.54, 1.807) is 0 Å². The number of rotatable bonds is 12. The zero-order chi connectivity index (χ0) is 67.7. The summed E-state index contributed by atoms with van der Waals surface area (Å²) in [6, 6.07) is 118. The Bertz CT molecular complexity index is 5980. The Morgan fingerprint density at radius 2 is 0.693 bits per heavy atom. The van der Waals surface area contributed by atoms with Gasteiger partial charge in [0.2, 0.25) is 0 Å². The molecule has 0 aromatic heterocycles. The lowest BCUT2D eigenvalue weighted by Crippen LogP contribution is -2.30. The molecule has 2 nitrogen and oxygen atoms in total. The quantitative estimate of drug-likeness (QED) is 0.113. The minimum atomic E-state index is -0.233. The predicted molar refractivity (Wildman–Crippen MR) is 430 cm³/mol. The summed E-state index contributed by atoms with van der Waals surface area (Å²) >= 11 is 0. The zero-order valence-electron chi connectivity index (χ0n) is 57.5. The third-order valence-electron chi connectivity index (χ3n) is 22.9. The van der Waals surface area contributed by atoms with E-state index >= 15 is 0 Å². The molecule has 4 aliphatic rings. The molecule has 19 rings (SSSR count). The molecule has 0 heterocycles. The number of allylic oxidation sites excluding steroid dienone is 3. The second kappa shape index (κ2) is 23.3. The molecule has 15 aromatic carbocycles. The Kier molecular flexibility index (Phi) is 13.8. The first-order valence-electron chi connectivity index (χ1n) is 35.7. The molecule has 0 amide bonds. The molecule has 0 bridgehead atoms. The van der Waals surface area contributed by atoms with Crippen molar-refractivity contribution in [2.75, 3.05) is 9.80 Å². The van der Waals surface area contributed by atoms with E-state index in [-0.39, 0.29) is 16.2 Å². The maximum absolute atomic E-state index is 2.50. The fourth-order valence-corrected chi connectivity index (χ4v) is 17.5. The average molecular weight is 1290 g/mol. The molecule has 4 aliphatic carbocycles. The normalized spacial score (nSPS) is 15.5. The number of benzene rings is 15. The van der Waals surface area contributed by atoms with Crippen molar-refractivity contribution in [1.29, 1.82) is 0 Å². The van der Waals surface area contributed by atoms with Gasteiger partial charge >= 0.3 is 0 Å². The smallest absolute Gasteiger partial charge is 0.0468 e. The van der Waals surface area contributed by atoms with E-state index in [0.717, 1.165) is 40.5 Å². The molecule has 1 unspecified atom stereocenters. The van der Waals surface area contributed by atoms with Crippen LogP contribution in [0, 0.1) is 0 Å². The van der Waals surface area contributed by atoms with Crippen LogP contribution in [0.2, 0.25) is 0 Å². The molecule has 0 fully saturated rings. The summed E-state index contributed by atoms with van der Waals surface area (Å²) in [6.45, 7) is 12.1. The van der Waals surface area contributed by atoms with Gasteiger partial charge in [-0.1, -0.05) is 308 Å². The van der Waals surface area contributed by atoms with E-state index in [4.69, 9.17) is 0 Å². The highest BCUT2D eigenvalue weighted by Crippen LogP contribution is 2.57. The third-order valence-corrected chi connectivity index (χ3v) is 22.9. The second-order valence-electron chi connectivity index (χ2n) is 29.4. The minimum absolute atomic E-state index is 0.199. The van der Waals surface area contributed by atoms with Crippen LogP contribution >= 0.6 is 0 Å². The fourth-order valence-electron chi connectivity index (χ4n) is 17.5. The second-order valence-corrected chi connectivity index (χ2v) is 29.4. The first-order chi connectivity index (χ1) is 49.4. The molecule has 0 saturated heterocycles. The molecular formula is C99H74N2. The molecule has 0 aliphatic heterocycles. The van der Waals surface area contributed by atoms with Crippen LogP contribution in [-0.4, -0.2) is 0 Å². The van der Waals surface area contributed by atoms with Gasteiger partial charge in [0.05, 0.1) is 0 Å². The highest BCUT2D eigenvalue weighted by atomic mass is 15.1. The highest BCUT2D eigenvalue weighted by Gasteiger charge is 2.42. The lowest BCUT2D eigenvalue weighted by Gasteiger charge is -2.41. The maximum Gasteiger partial charge on any atom is 0.0468 e. The molecule has 101 heavy (non-hydrogen) atoms. The van der Waals surface area contributed by atoms with Crippen LogP contribution in [0.4, 0.5) is 34.1 Å². The summed E-state index contributed by atoms with van der Waals surface area (Å²) in [5.41, 5.74) is 33.3. The van der Waals surface area contributed by atoms with Gasteiger partial charge in [-0.05, 0) is 228 Å². The van der Waals surface area contributed by atoms with Crippen molar-refractivity contribution < 1.29 is 0 Å². The van der Waals surface area contributed by atoms with Crippen LogP contribution in [0.1, 0.15) is 96.7 Å². The lowest BCUT2D eigenvalue weighted by molar-refractivity contribution is 0.577. The van der Waals surface area contributed by atoms with Crippen molar-refractivity contribution >= 4 is 90.2 Å². The topological polar surface area (TPSA) is 6.48 Å². The van der Waals surface area contributed by atoms with Crippen LogP contribution in [0.25, 0.3) is 112 Å². The van der Waals surface area contributed by atoms with E-state index in [1.807, 2.05) is 0 Å². The van der Waals surface area contributed by atoms with Crippen LogP contribution in [-0.2, 0) is 16.2 Å². The van der Waals surface area contributed by atoms with Gasteiger partial charge in [-0.25, -0.2) is 0 Å². The van der Waals surface area contributed by atoms with Crippen molar-refractivity contribution in [3.63, 3.8) is 0 Å². The van der Waals surface area contributed by atoms with Gasteiger partial charge < -0.3 is 9.80 Å². The standard InChI is InChI=1S/C99H74N2/c1-97(2)91-58-64(32-51-84(91)86-54-49-80(62-93(86)97)100(78-47-40-68-22-12-14-24-74(68)60-78)76-43-36-70(37-44-76)66-18-8-6-9-19-66)30-34-72-42-53-88-89-28-16-27-83-73(56-57-99(5,96(83)89)90-29-17-26-82(72)95(88)90)35-31-65-33-52-85-87-55-50-81(63-94(87)98(3,4)92(85)59-65)101(79-48-41-69-23-13-15-25-75(69)61-79)77-45-38-71(39-46-77)67-20-10-7-11-21-67/h6-56,58-63H,57H2,1-5H3/b34-30+,35-31+. The molecule has 2 heteroatoms. The number of nitrogens with zero attached hydrogens (tertiary/aromatic N) is 2. The molecule has 0 spiro atoms. The number of anilines is 6. The summed E-state index contributed by atoms with van der Waals surface area (Å²) in [5.74, 6) is 0. The molecule has 0 saturated carbocycles. The first kappa shape index (κ1) is 60.1. The van der Waals surface area contributed by atoms with E-state index in [1.165, 1.54) is 149 Å². The van der Waals surface area contributed by atoms with Gasteiger partial charge in [0, 0.05) is 50.4 Å². The summed E-state index contributed by atoms with van der Waals surface area (Å²) in [5, 5.41) is 7.57. The van der Waals surface area contributed by atoms with Crippen LogP contribution in [0.5, 0.6) is 0 Å². The van der Waals surface area contributed by atoms with Gasteiger partial charge in [-0.15, -0.1) is 0 Å². The lowest BCUT2D eigenvalue weighted by atomic mass is 9.61. The first-order valence-corrected chi connectivity index (χ1v) is 35.7. The van der Waals surface area contributed by atoms with Crippen molar-refractivity contribution in [3.8, 4) is 55.6 Å². The van der Waals surface area contributed by atoms with Crippen molar-refractivity contribution in [2.45, 2.75) is 57.3 Å². The number of hydrogen-bond acceptors (Lipinski definition) is 2. The van der Waals surface area contributed by atoms with Crippen molar-refractivity contribution in [3.05, 3.63) is 383 Å². The molecule has 0 radical (unpaired) electrons. The molecule has 480 valence electrons. The van der Waals surface area contributed by atoms with Crippen molar-refractivity contribution in [1.82, 2.24) is 0 Å². The van der Waals surface area contributed by atoms with E-state index in [2.05, 4.69) is 390 Å². The van der Waals surface area contributed by atoms with Crippen LogP contribution in [0.15, 0.2) is 328 Å². The molecule has 1 atom stereocenters. The summed E-state index contributed by atoms with van der Waals surface area (Å²) in [6.07, 6.45) is 12.8. The molecule has 0 N–H and O–H groups in total. The fraction of sp³-hybridized carbons (Fsp3) is 0.0909. The number of hydrogen-bond donors (Lipinski definition) is 0. The summed E-state index contributed by atoms with van der Waals surface area (Å²) in [7, 11) is 0. The van der Waals surface area contributed by atoms with Gasteiger partial charge in [0.25, 0.3) is 0 Å². The van der Waals surface area contributed by atoms with Crippen LogP contribution in [0.3, 0.4) is 0 Å². The summed E-state index contributed by atoms with van der Waals surface area (Å²) < 4.78 is 0. The number of fused-ring (bicyclic) bond motifs is 10. The Balaban J connectivity index is 0.597. The Labute approximate surface area is 592 Å². The van der Waals surface area contributed by atoms with E-state index in [9.17, 15) is 0 Å². The highest BCUT2D eigenvalue weighted by molar-refractivity contribution is 6.09. The maximum atomic E-state index is 2.50. The van der Waals surface area contributed by atoms with Gasteiger partial charge in [0.1, 0.15) is 0 Å². The zero-order valence-corrected chi connectivity index (χ0v) is 57.5. The Morgan fingerprint density at radius 3 is 1.23 bits per heavy atom. The summed E-state index contributed by atoms with van der Waals surface area (Å²) in [4.78, 5) is 4.85. The van der Waals surface area contributed by atoms with Crippen molar-refractivity contribution in [2.24, 2.45) is 0 Å². The van der Waals surface area contributed by atoms with Gasteiger partial charge in [-0.3, -0.25) is 0 Å². The molecule has 15 aromatic rings. The minimum Gasteiger partial charge on any atom is -0.310 e. The Morgan fingerprint density at radius 1 is 0.277 bits per heavy atom. The van der Waals surface area contributed by atoms with E-state index < -0.39 is 0 Å². The van der Waals surface area contributed by atoms with Crippen LogP contribution < -0.4 is 9.80 Å². The molecular weight excluding hydrogens is 1220 g/mol. The Hall–Kier alpha value is -12.1. The average Bonchev–Trinajstić information content (AvgIpc) is 1.55. The SMILES string of the molecule is CC1(C)c2cc(/C=C/C3=CCC4(C)c5c3cccc5-c3ccc(/C=C/c5ccc6c(c5)C(C)(C)c5cc(N(c7ccc(-c8ccccc8)cc7)c7ccc8ccccc8c7)ccc5-6)c5cccc4c35)ccc2-c2ccc(N(c3ccc(-c4ccccc4)cc3)c3ccc4ccccc4c3)cc21. The van der Waals surface area contributed by atoms with E-state index in [0.29, 0.717) is 0 Å².